The second-order valence-electron chi connectivity index (χ2n) is 9.06. The van der Waals surface area contributed by atoms with Crippen LogP contribution in [0.5, 0.6) is 0 Å². The van der Waals surface area contributed by atoms with Crippen molar-refractivity contribution in [3.8, 4) is 0 Å². The molecule has 2 aromatic carbocycles. The lowest BCUT2D eigenvalue weighted by molar-refractivity contribution is -0.130. The Morgan fingerprint density at radius 2 is 1.64 bits per heavy atom. The van der Waals surface area contributed by atoms with Crippen molar-refractivity contribution in [2.75, 3.05) is 13.1 Å². The first kappa shape index (κ1) is 30.1. The van der Waals surface area contributed by atoms with Gasteiger partial charge in [-0.2, -0.15) is 0 Å². The van der Waals surface area contributed by atoms with Gasteiger partial charge in [-0.15, -0.1) is 11.3 Å². The van der Waals surface area contributed by atoms with Crippen LogP contribution in [0.25, 0.3) is 10.2 Å². The highest BCUT2D eigenvalue weighted by Crippen LogP contribution is 2.46. The Balaban J connectivity index is 2.10. The molecule has 0 bridgehead atoms. The Kier molecular flexibility index (Phi) is 11.3. The van der Waals surface area contributed by atoms with E-state index in [0.29, 0.717) is 17.4 Å². The average molecular weight is 572 g/mol. The minimum Gasteiger partial charge on any atom is -0.478 e. The summed E-state index contributed by atoms with van der Waals surface area (Å²) in [5.41, 5.74) is 0.617. The zero-order valence-corrected chi connectivity index (χ0v) is 23.6. The normalized spacial score (nSPS) is 12.6. The summed E-state index contributed by atoms with van der Waals surface area (Å²) < 4.78 is 1.54. The van der Waals surface area contributed by atoms with Crippen molar-refractivity contribution < 1.29 is 29.4 Å². The van der Waals surface area contributed by atoms with E-state index in [9.17, 15) is 29.4 Å². The quantitative estimate of drug-likeness (QED) is 0.141. The van der Waals surface area contributed by atoms with Gasteiger partial charge in [-0.1, -0.05) is 56.7 Å². The number of para-hydroxylation sites is 1. The summed E-state index contributed by atoms with van der Waals surface area (Å²) in [6.07, 6.45) is 3.15. The van der Waals surface area contributed by atoms with E-state index < -0.39 is 23.1 Å². The van der Waals surface area contributed by atoms with E-state index in [1.807, 2.05) is 38.1 Å². The molecule has 0 spiro atoms. The predicted molar refractivity (Wildman–Crippen MR) is 153 cm³/mol. The maximum atomic E-state index is 13.6. The summed E-state index contributed by atoms with van der Waals surface area (Å²) in [7, 11) is 0. The molecule has 0 aliphatic carbocycles. The van der Waals surface area contributed by atoms with Gasteiger partial charge >= 0.3 is 11.9 Å². The van der Waals surface area contributed by atoms with Crippen molar-refractivity contribution >= 4 is 57.1 Å². The molecular weight excluding hydrogens is 538 g/mol. The minimum atomic E-state index is -1.32. The van der Waals surface area contributed by atoms with Gasteiger partial charge in [-0.3, -0.25) is 9.59 Å². The Morgan fingerprint density at radius 1 is 0.949 bits per heavy atom. The van der Waals surface area contributed by atoms with Crippen molar-refractivity contribution in [1.82, 2.24) is 15.6 Å². The number of amides is 2. The third-order valence-corrected chi connectivity index (χ3v) is 8.63. The van der Waals surface area contributed by atoms with Crippen molar-refractivity contribution in [3.63, 3.8) is 0 Å². The number of thioether (sulfide) groups is 1. The highest BCUT2D eigenvalue weighted by Gasteiger charge is 2.36. The first-order valence-corrected chi connectivity index (χ1v) is 14.6. The fraction of sp³-hybridized carbons (Fsp3) is 0.393. The fourth-order valence-corrected chi connectivity index (χ4v) is 6.58. The number of carboxylic acids is 2. The van der Waals surface area contributed by atoms with Gasteiger partial charge in [0.1, 0.15) is 0 Å². The van der Waals surface area contributed by atoms with Gasteiger partial charge in [0.15, 0.2) is 4.34 Å². The van der Waals surface area contributed by atoms with Gasteiger partial charge in [0.05, 0.1) is 27.3 Å². The smallest absolute Gasteiger partial charge is 0.336 e. The topological polar surface area (TPSA) is 146 Å². The number of nitrogens with zero attached hydrogens (tertiary/aromatic N) is 1. The molecule has 3 aromatic rings. The largest absolute Gasteiger partial charge is 0.478 e. The third kappa shape index (κ3) is 8.27. The molecule has 208 valence electrons. The molecule has 11 heteroatoms. The van der Waals surface area contributed by atoms with E-state index in [1.165, 1.54) is 35.2 Å². The zero-order valence-electron chi connectivity index (χ0n) is 21.9. The summed E-state index contributed by atoms with van der Waals surface area (Å²) in [6.45, 7) is 4.91. The number of carboxylic acid groups (broad SMARTS) is 2. The lowest BCUT2D eigenvalue weighted by Gasteiger charge is -2.27. The number of aromatic nitrogens is 1. The number of aromatic carboxylic acids is 2. The van der Waals surface area contributed by atoms with Crippen molar-refractivity contribution in [1.29, 1.82) is 0 Å². The minimum absolute atomic E-state index is 0.163. The SMILES string of the molecule is CCCCNC(=O)CC(C(=O)NCCCC)C(Sc1nc2ccccc2s1)c1ccc(C(=O)O)cc1C(=O)O. The van der Waals surface area contributed by atoms with Crippen LogP contribution in [0, 0.1) is 5.92 Å². The van der Waals surface area contributed by atoms with Crippen LogP contribution in [0.2, 0.25) is 0 Å². The molecule has 0 radical (unpaired) electrons. The number of hydrogen-bond acceptors (Lipinski definition) is 7. The molecule has 2 unspecified atom stereocenters. The highest BCUT2D eigenvalue weighted by molar-refractivity contribution is 8.01. The molecule has 1 aromatic heterocycles. The number of thiazole rings is 1. The zero-order chi connectivity index (χ0) is 28.4. The molecule has 39 heavy (non-hydrogen) atoms. The van der Waals surface area contributed by atoms with Crippen LogP contribution >= 0.6 is 23.1 Å². The number of fused-ring (bicyclic) bond motifs is 1. The molecule has 3 rings (SSSR count). The molecule has 0 saturated carbocycles. The Labute approximate surface area is 235 Å². The van der Waals surface area contributed by atoms with E-state index in [2.05, 4.69) is 15.6 Å². The molecule has 0 saturated heterocycles. The number of hydrogen-bond donors (Lipinski definition) is 4. The van der Waals surface area contributed by atoms with Gasteiger partial charge in [-0.05, 0) is 42.7 Å². The van der Waals surface area contributed by atoms with Crippen molar-refractivity contribution in [2.45, 2.75) is 55.5 Å². The Hall–Kier alpha value is -3.44. The fourth-order valence-electron chi connectivity index (χ4n) is 4.03. The maximum Gasteiger partial charge on any atom is 0.336 e. The number of carbonyl (C=O) groups is 4. The van der Waals surface area contributed by atoms with E-state index >= 15 is 0 Å². The Bertz CT molecular complexity index is 1290. The average Bonchev–Trinajstić information content (AvgIpc) is 3.33. The number of carbonyl (C=O) groups excluding carboxylic acids is 2. The number of unbranched alkanes of at least 4 members (excludes halogenated alkanes) is 2. The maximum absolute atomic E-state index is 13.6. The first-order valence-electron chi connectivity index (χ1n) is 12.9. The Morgan fingerprint density at radius 3 is 2.28 bits per heavy atom. The number of nitrogens with one attached hydrogen (secondary N) is 2. The molecule has 4 N–H and O–H groups in total. The van der Waals surface area contributed by atoms with Crippen molar-refractivity contribution in [2.24, 2.45) is 5.92 Å². The molecule has 0 fully saturated rings. The van der Waals surface area contributed by atoms with Crippen molar-refractivity contribution in [3.05, 3.63) is 59.2 Å². The summed E-state index contributed by atoms with van der Waals surface area (Å²) in [4.78, 5) is 55.0. The summed E-state index contributed by atoms with van der Waals surface area (Å²) in [5.74, 6) is -4.20. The van der Waals surface area contributed by atoms with Crippen LogP contribution in [0.1, 0.15) is 77.5 Å². The molecule has 0 aliphatic rings. The van der Waals surface area contributed by atoms with Crippen LogP contribution in [-0.2, 0) is 9.59 Å². The van der Waals surface area contributed by atoms with Crippen LogP contribution in [0.15, 0.2) is 46.8 Å². The second kappa shape index (κ2) is 14.6. The summed E-state index contributed by atoms with van der Waals surface area (Å²) >= 11 is 2.62. The molecule has 2 amide bonds. The lowest BCUT2D eigenvalue weighted by atomic mass is 9.90. The second-order valence-corrected chi connectivity index (χ2v) is 11.5. The van der Waals surface area contributed by atoms with E-state index in [4.69, 9.17) is 0 Å². The van der Waals surface area contributed by atoms with Crippen LogP contribution in [0.4, 0.5) is 0 Å². The van der Waals surface area contributed by atoms with Gasteiger partial charge in [0, 0.05) is 24.8 Å². The van der Waals surface area contributed by atoms with Gasteiger partial charge in [-0.25, -0.2) is 14.6 Å². The number of rotatable bonds is 15. The predicted octanol–water partition coefficient (Wildman–Crippen LogP) is 5.37. The van der Waals surface area contributed by atoms with Crippen LogP contribution < -0.4 is 10.6 Å². The summed E-state index contributed by atoms with van der Waals surface area (Å²) in [5, 5.41) is 24.4. The van der Waals surface area contributed by atoms with Gasteiger partial charge < -0.3 is 20.8 Å². The monoisotopic (exact) mass is 571 g/mol. The van der Waals surface area contributed by atoms with Gasteiger partial charge in [0.2, 0.25) is 11.8 Å². The molecule has 9 nitrogen and oxygen atoms in total. The van der Waals surface area contributed by atoms with Crippen LogP contribution in [0.3, 0.4) is 0 Å². The highest BCUT2D eigenvalue weighted by atomic mass is 32.2. The third-order valence-electron chi connectivity index (χ3n) is 6.13. The van der Waals surface area contributed by atoms with Gasteiger partial charge in [0.25, 0.3) is 0 Å². The van der Waals surface area contributed by atoms with E-state index in [-0.39, 0.29) is 34.9 Å². The first-order chi connectivity index (χ1) is 18.7. The lowest BCUT2D eigenvalue weighted by Crippen LogP contribution is -2.38. The molecule has 1 heterocycles. The van der Waals surface area contributed by atoms with Crippen LogP contribution in [-0.4, -0.2) is 52.0 Å². The molecule has 2 atom stereocenters. The van der Waals surface area contributed by atoms with E-state index in [1.54, 1.807) is 0 Å². The molecular formula is C28H33N3O6S2. The van der Waals surface area contributed by atoms with E-state index in [0.717, 1.165) is 42.0 Å². The summed E-state index contributed by atoms with van der Waals surface area (Å²) in [6, 6.07) is 11.4. The number of benzene rings is 2. The standard InChI is InChI=1S/C28H33N3O6S2/c1-3-5-13-29-23(32)16-20(25(33)30-14-6-4-2)24(39-28-31-21-9-7-8-10-22(21)38-28)18-12-11-17(26(34)35)15-19(18)27(36)37/h7-12,15,20,24H,3-6,13-14,16H2,1-2H3,(H,29,32)(H,30,33)(H,34,35)(H,36,37). The molecule has 0 aliphatic heterocycles.